The highest BCUT2D eigenvalue weighted by atomic mass is 35.5. The third kappa shape index (κ3) is 6.77. The summed E-state index contributed by atoms with van der Waals surface area (Å²) in [5, 5.41) is 1.66. The van der Waals surface area contributed by atoms with Gasteiger partial charge in [-0.1, -0.05) is 65.4 Å². The van der Waals surface area contributed by atoms with Crippen LogP contribution in [-0.4, -0.2) is 48.0 Å². The molecule has 0 spiro atoms. The highest BCUT2D eigenvalue weighted by Gasteiger charge is 2.34. The number of hydrogen-bond donors (Lipinski definition) is 0. The van der Waals surface area contributed by atoms with Crippen LogP contribution in [-0.2, 0) is 25.6 Å². The number of rotatable bonds is 11. The molecule has 0 fully saturated rings. The summed E-state index contributed by atoms with van der Waals surface area (Å²) in [4.78, 5) is 44.7. The van der Waals surface area contributed by atoms with E-state index in [1.807, 2.05) is 67.7 Å². The van der Waals surface area contributed by atoms with E-state index in [1.54, 1.807) is 32.0 Å². The van der Waals surface area contributed by atoms with Crippen LogP contribution >= 0.6 is 22.9 Å². The fourth-order valence-electron chi connectivity index (χ4n) is 5.86. The van der Waals surface area contributed by atoms with Crippen LogP contribution in [0.5, 0.6) is 11.5 Å². The van der Waals surface area contributed by atoms with Crippen molar-refractivity contribution >= 4 is 51.9 Å². The number of allylic oxidation sites excluding steroid dienone is 1. The Labute approximate surface area is 291 Å². The van der Waals surface area contributed by atoms with Crippen molar-refractivity contribution in [3.63, 3.8) is 0 Å². The molecule has 0 radical (unpaired) electrons. The van der Waals surface area contributed by atoms with Gasteiger partial charge in [0.25, 0.3) is 5.56 Å². The molecule has 3 aromatic carbocycles. The number of fused-ring (bicyclic) bond motifs is 2. The second-order valence-corrected chi connectivity index (χ2v) is 12.5. The minimum absolute atomic E-state index is 0.148. The van der Waals surface area contributed by atoms with Crippen molar-refractivity contribution in [2.45, 2.75) is 33.4 Å². The maximum Gasteiger partial charge on any atom is 0.343 e. The Kier molecular flexibility index (Phi) is 10.0. The molecule has 0 saturated heterocycles. The lowest BCUT2D eigenvalue weighted by atomic mass is 9.95. The first-order chi connectivity index (χ1) is 23.7. The van der Waals surface area contributed by atoms with E-state index in [1.165, 1.54) is 23.0 Å². The quantitative estimate of drug-likeness (QED) is 0.170. The van der Waals surface area contributed by atoms with Crippen molar-refractivity contribution < 1.29 is 28.5 Å². The van der Waals surface area contributed by atoms with Crippen molar-refractivity contribution in [1.29, 1.82) is 0 Å². The van der Waals surface area contributed by atoms with Gasteiger partial charge >= 0.3 is 11.9 Å². The summed E-state index contributed by atoms with van der Waals surface area (Å²) in [7, 11) is 1.28. The van der Waals surface area contributed by atoms with Gasteiger partial charge in [0.2, 0.25) is 0 Å². The predicted octanol–water partition coefficient (Wildman–Crippen LogP) is 5.41. The molecule has 0 unspecified atom stereocenters. The Hall–Kier alpha value is -5.13. The zero-order valence-electron chi connectivity index (χ0n) is 27.4. The summed E-state index contributed by atoms with van der Waals surface area (Å²) in [6.07, 6.45) is 3.88. The zero-order valence-corrected chi connectivity index (χ0v) is 29.0. The maximum absolute atomic E-state index is 14.4. The van der Waals surface area contributed by atoms with E-state index in [2.05, 4.69) is 4.57 Å². The summed E-state index contributed by atoms with van der Waals surface area (Å²) in [6.45, 7) is 5.97. The number of carbonyl (C=O) groups excluding carboxylic acids is 2. The molecule has 0 bridgehead atoms. The number of thiazole rings is 1. The van der Waals surface area contributed by atoms with E-state index in [9.17, 15) is 14.4 Å². The predicted molar refractivity (Wildman–Crippen MR) is 188 cm³/mol. The first-order valence-corrected chi connectivity index (χ1v) is 16.9. The smallest absolute Gasteiger partial charge is 0.343 e. The first kappa shape index (κ1) is 33.8. The lowest BCUT2D eigenvalue weighted by molar-refractivity contribution is -0.143. The third-order valence-electron chi connectivity index (χ3n) is 8.08. The number of methoxy groups -OCH3 is 1. The van der Waals surface area contributed by atoms with Crippen molar-refractivity contribution in [3.05, 3.63) is 126 Å². The number of benzene rings is 3. The van der Waals surface area contributed by atoms with Gasteiger partial charge in [-0.15, -0.1) is 0 Å². The van der Waals surface area contributed by atoms with Crippen LogP contribution in [0.2, 0.25) is 5.02 Å². The molecule has 12 heteroatoms. The van der Waals surface area contributed by atoms with Gasteiger partial charge in [-0.05, 0) is 62.2 Å². The van der Waals surface area contributed by atoms with Crippen LogP contribution in [0.4, 0.5) is 0 Å². The average molecular weight is 700 g/mol. The normalized spacial score (nSPS) is 14.4. The van der Waals surface area contributed by atoms with Gasteiger partial charge in [-0.3, -0.25) is 9.36 Å². The Morgan fingerprint density at radius 2 is 1.78 bits per heavy atom. The van der Waals surface area contributed by atoms with Crippen LogP contribution < -0.4 is 24.4 Å². The minimum Gasteiger partial charge on any atom is -0.490 e. The Morgan fingerprint density at radius 3 is 2.53 bits per heavy atom. The van der Waals surface area contributed by atoms with Crippen LogP contribution in [0.25, 0.3) is 17.0 Å². The molecule has 6 rings (SSSR count). The topological polar surface area (TPSA) is 110 Å². The molecule has 252 valence electrons. The lowest BCUT2D eigenvalue weighted by Gasteiger charge is -2.25. The number of carbonyl (C=O) groups is 2. The summed E-state index contributed by atoms with van der Waals surface area (Å²) < 4.78 is 25.8. The number of aromatic nitrogens is 2. The van der Waals surface area contributed by atoms with E-state index in [0.717, 1.165) is 22.0 Å². The monoisotopic (exact) mass is 699 g/mol. The molecular formula is C37H34ClN3O7S. The van der Waals surface area contributed by atoms with Gasteiger partial charge in [0, 0.05) is 34.2 Å². The van der Waals surface area contributed by atoms with Gasteiger partial charge < -0.3 is 23.5 Å². The van der Waals surface area contributed by atoms with Gasteiger partial charge in [-0.2, -0.15) is 0 Å². The molecule has 1 aliphatic rings. The SMILES string of the molecule is CCOC(=O)C1=C(C)N=c2s/c(=C/c3cn(Cc4ccccc4Cl)c4ccccc34)c(=O)n2[C@H]1c1ccc(OCC(=O)OC)c(OCC)c1. The van der Waals surface area contributed by atoms with Crippen molar-refractivity contribution in [3.8, 4) is 11.5 Å². The second-order valence-electron chi connectivity index (χ2n) is 11.1. The Morgan fingerprint density at radius 1 is 1.00 bits per heavy atom. The number of nitrogens with zero attached hydrogens (tertiary/aromatic N) is 3. The van der Waals surface area contributed by atoms with Crippen molar-refractivity contribution in [1.82, 2.24) is 9.13 Å². The fraction of sp³-hybridized carbons (Fsp3) is 0.243. The summed E-state index contributed by atoms with van der Waals surface area (Å²) in [6, 6.07) is 19.9. The van der Waals surface area contributed by atoms with E-state index < -0.39 is 18.0 Å². The fourth-order valence-corrected chi connectivity index (χ4v) is 7.09. The summed E-state index contributed by atoms with van der Waals surface area (Å²) >= 11 is 7.74. The standard InChI is InChI=1S/C37H34ClN3O7S/c1-5-46-30-17-23(15-16-29(30)48-21-32(42)45-4)34-33(36(44)47-6-2)22(3)39-37-41(34)35(43)31(49-37)18-25-20-40(28-14-10-8-12-26(25)28)19-24-11-7-9-13-27(24)38/h7-18,20,34H,5-6,19,21H2,1-4H3/b31-18+/t34-/m0/s1. The number of halogens is 1. The van der Waals surface area contributed by atoms with Crippen molar-refractivity contribution in [2.24, 2.45) is 4.99 Å². The van der Waals surface area contributed by atoms with Gasteiger partial charge in [0.05, 0.1) is 42.2 Å². The molecule has 3 heterocycles. The van der Waals surface area contributed by atoms with Crippen molar-refractivity contribution in [2.75, 3.05) is 26.9 Å². The van der Waals surface area contributed by atoms with E-state index in [0.29, 0.717) is 50.3 Å². The number of ether oxygens (including phenoxy) is 4. The number of hydrogen-bond acceptors (Lipinski definition) is 9. The highest BCUT2D eigenvalue weighted by molar-refractivity contribution is 7.07. The van der Waals surface area contributed by atoms with Crippen LogP contribution in [0.15, 0.2) is 94.0 Å². The molecule has 0 amide bonds. The zero-order chi connectivity index (χ0) is 34.7. The second kappa shape index (κ2) is 14.6. The average Bonchev–Trinajstić information content (AvgIpc) is 3.60. The van der Waals surface area contributed by atoms with Crippen LogP contribution in [0.1, 0.15) is 43.5 Å². The van der Waals surface area contributed by atoms with Gasteiger partial charge in [-0.25, -0.2) is 14.6 Å². The van der Waals surface area contributed by atoms with E-state index >= 15 is 0 Å². The number of esters is 2. The molecule has 1 atom stereocenters. The van der Waals surface area contributed by atoms with Crippen LogP contribution in [0, 0.1) is 0 Å². The van der Waals surface area contributed by atoms with Gasteiger partial charge in [0.1, 0.15) is 0 Å². The Bertz CT molecular complexity index is 2280. The molecule has 49 heavy (non-hydrogen) atoms. The maximum atomic E-state index is 14.4. The number of para-hydroxylation sites is 1. The Balaban J connectivity index is 1.49. The largest absolute Gasteiger partial charge is 0.490 e. The van der Waals surface area contributed by atoms with Gasteiger partial charge in [0.15, 0.2) is 22.9 Å². The van der Waals surface area contributed by atoms with E-state index in [-0.39, 0.29) is 24.3 Å². The summed E-state index contributed by atoms with van der Waals surface area (Å²) in [5.41, 5.74) is 3.78. The first-order valence-electron chi connectivity index (χ1n) is 15.7. The minimum atomic E-state index is -0.868. The summed E-state index contributed by atoms with van der Waals surface area (Å²) in [5.74, 6) is -0.464. The lowest BCUT2D eigenvalue weighted by Crippen LogP contribution is -2.40. The molecule has 10 nitrogen and oxygen atoms in total. The van der Waals surface area contributed by atoms with E-state index in [4.69, 9.17) is 35.5 Å². The third-order valence-corrected chi connectivity index (χ3v) is 9.43. The molecule has 1 aliphatic heterocycles. The molecular weight excluding hydrogens is 666 g/mol. The molecule has 5 aromatic rings. The molecule has 0 aliphatic carbocycles. The van der Waals surface area contributed by atoms with Crippen LogP contribution in [0.3, 0.4) is 0 Å². The molecule has 0 N–H and O–H groups in total. The molecule has 0 saturated carbocycles. The highest BCUT2D eigenvalue weighted by Crippen LogP contribution is 2.36. The molecule has 2 aromatic heterocycles.